The predicted molar refractivity (Wildman–Crippen MR) is 131 cm³/mol. The van der Waals surface area contributed by atoms with Gasteiger partial charge in [0.05, 0.1) is 0 Å². The van der Waals surface area contributed by atoms with Crippen LogP contribution in [0.1, 0.15) is 55.7 Å². The molecule has 1 N–H and O–H groups in total. The minimum absolute atomic E-state index is 0.105. The first-order chi connectivity index (χ1) is 15.3. The van der Waals surface area contributed by atoms with E-state index in [9.17, 15) is 9.59 Å². The second-order valence-electron chi connectivity index (χ2n) is 8.73. The lowest BCUT2D eigenvalue weighted by atomic mass is 9.95. The first-order valence-corrected chi connectivity index (χ1v) is 12.2. The standard InChI is InChI=1S/C26H33BrN2O3/c1-18-12-13-19(2)24(14-18)32-17-25(30)29(16-21-8-7-9-22(27)15-21)20(3)26(31)28-23-10-5-4-6-11-23/h7-9,12-15,20,23H,4-6,10-11,16-17H2,1-3H3,(H,28,31)/t20-/m1/s1. The second kappa shape index (κ2) is 11.5. The van der Waals surface area contributed by atoms with Crippen molar-refractivity contribution in [1.82, 2.24) is 10.2 Å². The first kappa shape index (κ1) is 24.3. The van der Waals surface area contributed by atoms with Crippen LogP contribution < -0.4 is 10.1 Å². The van der Waals surface area contributed by atoms with Crippen LogP contribution >= 0.6 is 15.9 Å². The van der Waals surface area contributed by atoms with Gasteiger partial charge in [0.25, 0.3) is 5.91 Å². The highest BCUT2D eigenvalue weighted by atomic mass is 79.9. The van der Waals surface area contributed by atoms with Crippen molar-refractivity contribution in [3.8, 4) is 5.75 Å². The number of hydrogen-bond donors (Lipinski definition) is 1. The summed E-state index contributed by atoms with van der Waals surface area (Å²) in [5.74, 6) is 0.379. The van der Waals surface area contributed by atoms with Gasteiger partial charge in [0.1, 0.15) is 11.8 Å². The van der Waals surface area contributed by atoms with E-state index in [-0.39, 0.29) is 24.5 Å². The van der Waals surface area contributed by atoms with E-state index in [4.69, 9.17) is 4.74 Å². The molecule has 0 spiro atoms. The molecule has 2 amide bonds. The monoisotopic (exact) mass is 500 g/mol. The average molecular weight is 501 g/mol. The molecule has 0 aliphatic heterocycles. The zero-order valence-corrected chi connectivity index (χ0v) is 20.8. The molecule has 0 unspecified atom stereocenters. The van der Waals surface area contributed by atoms with Crippen molar-refractivity contribution in [2.75, 3.05) is 6.61 Å². The van der Waals surface area contributed by atoms with E-state index >= 15 is 0 Å². The Balaban J connectivity index is 1.73. The number of aryl methyl sites for hydroxylation is 2. The van der Waals surface area contributed by atoms with E-state index in [0.29, 0.717) is 12.3 Å². The Kier molecular flexibility index (Phi) is 8.74. The molecule has 5 nitrogen and oxygen atoms in total. The summed E-state index contributed by atoms with van der Waals surface area (Å²) in [6.07, 6.45) is 5.53. The Morgan fingerprint density at radius 2 is 1.88 bits per heavy atom. The summed E-state index contributed by atoms with van der Waals surface area (Å²) in [5.41, 5.74) is 3.01. The molecule has 6 heteroatoms. The van der Waals surface area contributed by atoms with Gasteiger partial charge in [-0.25, -0.2) is 0 Å². The van der Waals surface area contributed by atoms with Crippen molar-refractivity contribution in [3.05, 3.63) is 63.6 Å². The number of amides is 2. The normalized spacial score (nSPS) is 15.1. The molecule has 32 heavy (non-hydrogen) atoms. The van der Waals surface area contributed by atoms with E-state index in [0.717, 1.165) is 46.8 Å². The minimum atomic E-state index is -0.592. The molecule has 0 bridgehead atoms. The third-order valence-electron chi connectivity index (χ3n) is 6.06. The summed E-state index contributed by atoms with van der Waals surface area (Å²) in [4.78, 5) is 27.9. The molecule has 1 aliphatic rings. The van der Waals surface area contributed by atoms with Gasteiger partial charge in [0, 0.05) is 17.1 Å². The van der Waals surface area contributed by atoms with Crippen LogP contribution in [0.5, 0.6) is 5.75 Å². The summed E-state index contributed by atoms with van der Waals surface area (Å²) in [6.45, 7) is 5.98. The molecular weight excluding hydrogens is 468 g/mol. The van der Waals surface area contributed by atoms with Crippen LogP contribution in [-0.4, -0.2) is 35.4 Å². The molecule has 0 radical (unpaired) electrons. The van der Waals surface area contributed by atoms with E-state index in [1.165, 1.54) is 6.42 Å². The molecular formula is C26H33BrN2O3. The maximum Gasteiger partial charge on any atom is 0.261 e. The number of carbonyl (C=O) groups is 2. The fourth-order valence-corrected chi connectivity index (χ4v) is 4.52. The zero-order chi connectivity index (χ0) is 23.1. The van der Waals surface area contributed by atoms with Gasteiger partial charge in [0.2, 0.25) is 5.91 Å². The number of hydrogen-bond acceptors (Lipinski definition) is 3. The lowest BCUT2D eigenvalue weighted by Gasteiger charge is -2.31. The molecule has 0 heterocycles. The van der Waals surface area contributed by atoms with Crippen LogP contribution in [0.4, 0.5) is 0 Å². The number of halogens is 1. The fraction of sp³-hybridized carbons (Fsp3) is 0.462. The lowest BCUT2D eigenvalue weighted by Crippen LogP contribution is -2.51. The van der Waals surface area contributed by atoms with Crippen molar-refractivity contribution in [1.29, 1.82) is 0 Å². The molecule has 172 valence electrons. The molecule has 2 aromatic rings. The van der Waals surface area contributed by atoms with Crippen LogP contribution in [0.2, 0.25) is 0 Å². The van der Waals surface area contributed by atoms with E-state index in [1.807, 2.05) is 56.3 Å². The average Bonchev–Trinajstić information content (AvgIpc) is 2.78. The highest BCUT2D eigenvalue weighted by Crippen LogP contribution is 2.21. The Bertz CT molecular complexity index is 940. The number of carbonyl (C=O) groups excluding carboxylic acids is 2. The molecule has 0 aromatic heterocycles. The smallest absolute Gasteiger partial charge is 0.261 e. The highest BCUT2D eigenvalue weighted by molar-refractivity contribution is 9.10. The number of benzene rings is 2. The van der Waals surface area contributed by atoms with Gasteiger partial charge in [-0.1, -0.05) is 59.5 Å². The quantitative estimate of drug-likeness (QED) is 0.534. The SMILES string of the molecule is Cc1ccc(C)c(OCC(=O)N(Cc2cccc(Br)c2)[C@H](C)C(=O)NC2CCCCC2)c1. The van der Waals surface area contributed by atoms with Crippen molar-refractivity contribution in [2.24, 2.45) is 0 Å². The fourth-order valence-electron chi connectivity index (χ4n) is 4.07. The number of ether oxygens (including phenoxy) is 1. The number of nitrogens with zero attached hydrogens (tertiary/aromatic N) is 1. The van der Waals surface area contributed by atoms with Crippen LogP contribution in [0.25, 0.3) is 0 Å². The van der Waals surface area contributed by atoms with Crippen LogP contribution in [0.3, 0.4) is 0 Å². The van der Waals surface area contributed by atoms with Gasteiger partial charge in [-0.3, -0.25) is 9.59 Å². The van der Waals surface area contributed by atoms with E-state index in [1.54, 1.807) is 11.8 Å². The zero-order valence-electron chi connectivity index (χ0n) is 19.2. The van der Waals surface area contributed by atoms with Gasteiger partial charge in [-0.2, -0.15) is 0 Å². The summed E-state index contributed by atoms with van der Waals surface area (Å²) in [6, 6.07) is 13.3. The highest BCUT2D eigenvalue weighted by Gasteiger charge is 2.28. The van der Waals surface area contributed by atoms with E-state index in [2.05, 4.69) is 21.2 Å². The largest absolute Gasteiger partial charge is 0.483 e. The lowest BCUT2D eigenvalue weighted by molar-refractivity contribution is -0.142. The first-order valence-electron chi connectivity index (χ1n) is 11.4. The molecule has 3 rings (SSSR count). The van der Waals surface area contributed by atoms with Crippen molar-refractivity contribution in [3.63, 3.8) is 0 Å². The third-order valence-corrected chi connectivity index (χ3v) is 6.55. The summed E-state index contributed by atoms with van der Waals surface area (Å²) >= 11 is 3.49. The number of nitrogens with one attached hydrogen (secondary N) is 1. The molecule has 1 saturated carbocycles. The summed E-state index contributed by atoms with van der Waals surface area (Å²) in [7, 11) is 0. The Labute approximate surface area is 199 Å². The van der Waals surface area contributed by atoms with Crippen molar-refractivity contribution in [2.45, 2.75) is 71.5 Å². The van der Waals surface area contributed by atoms with Crippen LogP contribution in [-0.2, 0) is 16.1 Å². The summed E-state index contributed by atoms with van der Waals surface area (Å²) < 4.78 is 6.81. The Morgan fingerprint density at radius 1 is 1.12 bits per heavy atom. The van der Waals surface area contributed by atoms with Crippen LogP contribution in [0, 0.1) is 13.8 Å². The van der Waals surface area contributed by atoms with Crippen LogP contribution in [0.15, 0.2) is 46.9 Å². The Morgan fingerprint density at radius 3 is 2.59 bits per heavy atom. The maximum absolute atomic E-state index is 13.2. The number of rotatable bonds is 8. The molecule has 0 saturated heterocycles. The van der Waals surface area contributed by atoms with Gasteiger partial charge in [0.15, 0.2) is 6.61 Å². The Hall–Kier alpha value is -2.34. The third kappa shape index (κ3) is 6.83. The van der Waals surface area contributed by atoms with Crippen molar-refractivity contribution >= 4 is 27.7 Å². The maximum atomic E-state index is 13.2. The topological polar surface area (TPSA) is 58.6 Å². The summed E-state index contributed by atoms with van der Waals surface area (Å²) in [5, 5.41) is 3.16. The van der Waals surface area contributed by atoms with Crippen molar-refractivity contribution < 1.29 is 14.3 Å². The molecule has 1 atom stereocenters. The molecule has 1 fully saturated rings. The van der Waals surface area contributed by atoms with Gasteiger partial charge < -0.3 is 15.0 Å². The second-order valence-corrected chi connectivity index (χ2v) is 9.64. The van der Waals surface area contributed by atoms with E-state index < -0.39 is 6.04 Å². The van der Waals surface area contributed by atoms with Gasteiger partial charge in [-0.05, 0) is 68.5 Å². The minimum Gasteiger partial charge on any atom is -0.483 e. The van der Waals surface area contributed by atoms with Gasteiger partial charge in [-0.15, -0.1) is 0 Å². The predicted octanol–water partition coefficient (Wildman–Crippen LogP) is 5.31. The van der Waals surface area contributed by atoms with Gasteiger partial charge >= 0.3 is 0 Å². The molecule has 2 aromatic carbocycles. The molecule has 1 aliphatic carbocycles.